The first-order chi connectivity index (χ1) is 15.1. The largest absolute Gasteiger partial charge is 0.490 e. The number of amides is 2. The Morgan fingerprint density at radius 2 is 1.71 bits per heavy atom. The Morgan fingerprint density at radius 3 is 2.39 bits per heavy atom. The summed E-state index contributed by atoms with van der Waals surface area (Å²) in [4.78, 5) is 28.8. The summed E-state index contributed by atoms with van der Waals surface area (Å²) in [5.41, 5.74) is 0.682. The van der Waals surface area contributed by atoms with Crippen molar-refractivity contribution >= 4 is 11.8 Å². The van der Waals surface area contributed by atoms with E-state index < -0.39 is 0 Å². The number of carbonyl (C=O) groups excluding carboxylic acids is 2. The van der Waals surface area contributed by atoms with Gasteiger partial charge < -0.3 is 24.0 Å². The summed E-state index contributed by atoms with van der Waals surface area (Å²) in [5, 5.41) is 0. The van der Waals surface area contributed by atoms with E-state index in [2.05, 4.69) is 6.92 Å². The van der Waals surface area contributed by atoms with Crippen LogP contribution in [0.5, 0.6) is 5.75 Å². The zero-order valence-electron chi connectivity index (χ0n) is 18.9. The quantitative estimate of drug-likeness (QED) is 0.600. The standard InChI is InChI=1S/C24H36N2O5/c1-3-16-30-22-5-4-13-26(18-22)24(28)19-6-8-20(9-7-19)31-21-10-14-25(15-11-21)23(27)12-17-29-2/h6-9,21-22H,3-5,10-18H2,1-2H3/t22-/m1/s1. The van der Waals surface area contributed by atoms with Crippen LogP contribution < -0.4 is 4.74 Å². The van der Waals surface area contributed by atoms with E-state index in [-0.39, 0.29) is 24.0 Å². The summed E-state index contributed by atoms with van der Waals surface area (Å²) in [7, 11) is 1.61. The number of ether oxygens (including phenoxy) is 3. The van der Waals surface area contributed by atoms with Crippen molar-refractivity contribution in [2.75, 3.05) is 46.5 Å². The van der Waals surface area contributed by atoms with Gasteiger partial charge in [-0.3, -0.25) is 9.59 Å². The number of hydrogen-bond donors (Lipinski definition) is 0. The van der Waals surface area contributed by atoms with Gasteiger partial charge in [0, 0.05) is 58.3 Å². The second-order valence-corrected chi connectivity index (χ2v) is 8.35. The van der Waals surface area contributed by atoms with Gasteiger partial charge in [0.15, 0.2) is 0 Å². The number of hydrogen-bond acceptors (Lipinski definition) is 5. The molecule has 1 aromatic carbocycles. The molecule has 0 aliphatic carbocycles. The topological polar surface area (TPSA) is 68.3 Å². The Morgan fingerprint density at radius 1 is 0.968 bits per heavy atom. The maximum atomic E-state index is 12.9. The Balaban J connectivity index is 1.46. The van der Waals surface area contributed by atoms with Crippen molar-refractivity contribution in [3.05, 3.63) is 29.8 Å². The fourth-order valence-electron chi connectivity index (χ4n) is 4.16. The average Bonchev–Trinajstić information content (AvgIpc) is 2.82. The summed E-state index contributed by atoms with van der Waals surface area (Å²) in [5.74, 6) is 0.964. The molecule has 2 amide bonds. The predicted octanol–water partition coefficient (Wildman–Crippen LogP) is 3.12. The molecule has 3 rings (SSSR count). The Labute approximate surface area is 185 Å². The molecule has 2 saturated heterocycles. The molecule has 0 aromatic heterocycles. The van der Waals surface area contributed by atoms with Crippen molar-refractivity contribution in [1.82, 2.24) is 9.80 Å². The van der Waals surface area contributed by atoms with Crippen LogP contribution in [-0.2, 0) is 14.3 Å². The minimum absolute atomic E-state index is 0.0548. The minimum atomic E-state index is 0.0548. The van der Waals surface area contributed by atoms with Gasteiger partial charge in [-0.05, 0) is 43.5 Å². The van der Waals surface area contributed by atoms with Crippen LogP contribution in [0.2, 0.25) is 0 Å². The normalized spacial score (nSPS) is 20.0. The summed E-state index contributed by atoms with van der Waals surface area (Å²) in [6.45, 7) is 6.17. The van der Waals surface area contributed by atoms with Gasteiger partial charge in [-0.25, -0.2) is 0 Å². The van der Waals surface area contributed by atoms with Crippen LogP contribution in [0.25, 0.3) is 0 Å². The molecule has 1 atom stereocenters. The van der Waals surface area contributed by atoms with Crippen molar-refractivity contribution in [3.8, 4) is 5.75 Å². The lowest BCUT2D eigenvalue weighted by Gasteiger charge is -2.33. The van der Waals surface area contributed by atoms with E-state index in [0.717, 1.165) is 51.0 Å². The zero-order valence-corrected chi connectivity index (χ0v) is 18.9. The van der Waals surface area contributed by atoms with Gasteiger partial charge in [0.2, 0.25) is 5.91 Å². The molecule has 7 nitrogen and oxygen atoms in total. The monoisotopic (exact) mass is 432 g/mol. The van der Waals surface area contributed by atoms with Crippen LogP contribution in [0.15, 0.2) is 24.3 Å². The van der Waals surface area contributed by atoms with Gasteiger partial charge >= 0.3 is 0 Å². The third-order valence-corrected chi connectivity index (χ3v) is 5.94. The first kappa shape index (κ1) is 23.5. The highest BCUT2D eigenvalue weighted by molar-refractivity contribution is 5.94. The molecule has 2 fully saturated rings. The van der Waals surface area contributed by atoms with Crippen LogP contribution in [0.4, 0.5) is 0 Å². The van der Waals surface area contributed by atoms with Gasteiger partial charge in [-0.2, -0.15) is 0 Å². The maximum Gasteiger partial charge on any atom is 0.253 e. The van der Waals surface area contributed by atoms with E-state index in [4.69, 9.17) is 14.2 Å². The van der Waals surface area contributed by atoms with Gasteiger partial charge in [0.25, 0.3) is 5.91 Å². The molecule has 7 heteroatoms. The first-order valence-corrected chi connectivity index (χ1v) is 11.5. The Kier molecular flexibility index (Phi) is 9.15. The van der Waals surface area contributed by atoms with Gasteiger partial charge in [-0.1, -0.05) is 6.92 Å². The van der Waals surface area contributed by atoms with Crippen LogP contribution in [0, 0.1) is 0 Å². The van der Waals surface area contributed by atoms with Crippen LogP contribution in [0.3, 0.4) is 0 Å². The van der Waals surface area contributed by atoms with E-state index >= 15 is 0 Å². The summed E-state index contributed by atoms with van der Waals surface area (Å²) < 4.78 is 16.9. The van der Waals surface area contributed by atoms with Crippen LogP contribution in [-0.4, -0.2) is 80.3 Å². The SMILES string of the molecule is CCCO[C@@H]1CCCN(C(=O)c2ccc(OC3CCN(C(=O)CCOC)CC3)cc2)C1. The predicted molar refractivity (Wildman–Crippen MR) is 118 cm³/mol. The molecule has 31 heavy (non-hydrogen) atoms. The molecule has 0 saturated carbocycles. The third kappa shape index (κ3) is 6.94. The van der Waals surface area contributed by atoms with E-state index in [1.165, 1.54) is 0 Å². The molecule has 172 valence electrons. The number of nitrogens with zero attached hydrogens (tertiary/aromatic N) is 2. The Hall–Kier alpha value is -2.12. The molecule has 2 aliphatic heterocycles. The smallest absolute Gasteiger partial charge is 0.253 e. The molecule has 2 aliphatic rings. The Bertz CT molecular complexity index is 700. The third-order valence-electron chi connectivity index (χ3n) is 5.94. The number of piperidine rings is 2. The second kappa shape index (κ2) is 12.1. The van der Waals surface area contributed by atoms with Crippen LogP contribution in [0.1, 0.15) is 55.8 Å². The average molecular weight is 433 g/mol. The minimum Gasteiger partial charge on any atom is -0.490 e. The van der Waals surface area contributed by atoms with E-state index in [1.54, 1.807) is 7.11 Å². The number of carbonyl (C=O) groups is 2. The summed E-state index contributed by atoms with van der Waals surface area (Å²) >= 11 is 0. The van der Waals surface area contributed by atoms with E-state index in [1.807, 2.05) is 34.1 Å². The molecule has 0 N–H and O–H groups in total. The first-order valence-electron chi connectivity index (χ1n) is 11.5. The number of benzene rings is 1. The molecule has 0 unspecified atom stereocenters. The molecule has 0 spiro atoms. The molecule has 0 radical (unpaired) electrons. The fourth-order valence-corrected chi connectivity index (χ4v) is 4.16. The lowest BCUT2D eigenvalue weighted by atomic mass is 10.1. The zero-order chi connectivity index (χ0) is 22.1. The second-order valence-electron chi connectivity index (χ2n) is 8.35. The highest BCUT2D eigenvalue weighted by Gasteiger charge is 2.26. The van der Waals surface area contributed by atoms with Crippen molar-refractivity contribution in [3.63, 3.8) is 0 Å². The van der Waals surface area contributed by atoms with Crippen LogP contribution >= 0.6 is 0 Å². The van der Waals surface area contributed by atoms with Crippen molar-refractivity contribution in [2.45, 2.75) is 57.7 Å². The molecular weight excluding hydrogens is 396 g/mol. The van der Waals surface area contributed by atoms with Gasteiger partial charge in [0.05, 0.1) is 19.1 Å². The lowest BCUT2D eigenvalue weighted by molar-refractivity contribution is -0.133. The lowest BCUT2D eigenvalue weighted by Crippen LogP contribution is -2.43. The summed E-state index contributed by atoms with van der Waals surface area (Å²) in [6.07, 6.45) is 5.29. The molecular formula is C24H36N2O5. The number of methoxy groups -OCH3 is 1. The maximum absolute atomic E-state index is 12.9. The van der Waals surface area contributed by atoms with Crippen molar-refractivity contribution in [1.29, 1.82) is 0 Å². The molecule has 1 aromatic rings. The fraction of sp³-hybridized carbons (Fsp3) is 0.667. The molecule has 0 bridgehead atoms. The summed E-state index contributed by atoms with van der Waals surface area (Å²) in [6, 6.07) is 7.44. The van der Waals surface area contributed by atoms with Crippen molar-refractivity contribution < 1.29 is 23.8 Å². The molecule has 2 heterocycles. The van der Waals surface area contributed by atoms with Crippen molar-refractivity contribution in [2.24, 2.45) is 0 Å². The number of likely N-dealkylation sites (tertiary alicyclic amines) is 2. The highest BCUT2D eigenvalue weighted by atomic mass is 16.5. The van der Waals surface area contributed by atoms with Gasteiger partial charge in [0.1, 0.15) is 11.9 Å². The number of rotatable bonds is 9. The van der Waals surface area contributed by atoms with Gasteiger partial charge in [-0.15, -0.1) is 0 Å². The van der Waals surface area contributed by atoms with E-state index in [0.29, 0.717) is 38.2 Å². The van der Waals surface area contributed by atoms with E-state index in [9.17, 15) is 9.59 Å². The highest BCUT2D eigenvalue weighted by Crippen LogP contribution is 2.22.